The van der Waals surface area contributed by atoms with Crippen LogP contribution in [0.3, 0.4) is 0 Å². The van der Waals surface area contributed by atoms with Gasteiger partial charge in [0.15, 0.2) is 0 Å². The van der Waals surface area contributed by atoms with E-state index in [2.05, 4.69) is 24.5 Å². The molecule has 0 saturated heterocycles. The summed E-state index contributed by atoms with van der Waals surface area (Å²) in [5, 5.41) is 5.10. The van der Waals surface area contributed by atoms with E-state index in [9.17, 15) is 9.59 Å². The topological polar surface area (TPSA) is 76.7 Å². The van der Waals surface area contributed by atoms with Crippen LogP contribution in [0.4, 0.5) is 11.4 Å². The van der Waals surface area contributed by atoms with Crippen LogP contribution in [0.1, 0.15) is 25.3 Å². The molecule has 0 fully saturated rings. The van der Waals surface area contributed by atoms with Crippen molar-refractivity contribution in [1.82, 2.24) is 0 Å². The first-order valence-corrected chi connectivity index (χ1v) is 7.89. The van der Waals surface area contributed by atoms with Crippen LogP contribution < -0.4 is 20.1 Å². The van der Waals surface area contributed by atoms with Gasteiger partial charge in [0, 0.05) is 11.8 Å². The van der Waals surface area contributed by atoms with Crippen LogP contribution in [0.5, 0.6) is 11.5 Å². The van der Waals surface area contributed by atoms with Crippen molar-refractivity contribution in [2.45, 2.75) is 19.8 Å². The van der Waals surface area contributed by atoms with Gasteiger partial charge in [-0.25, -0.2) is 0 Å². The van der Waals surface area contributed by atoms with Gasteiger partial charge in [-0.2, -0.15) is 0 Å². The van der Waals surface area contributed by atoms with Gasteiger partial charge < -0.3 is 20.1 Å². The highest BCUT2D eigenvalue weighted by atomic mass is 16.5. The highest BCUT2D eigenvalue weighted by Gasteiger charge is 2.17. The number of ether oxygens (including phenoxy) is 2. The predicted octanol–water partition coefficient (Wildman–Crippen LogP) is 3.40. The number of rotatable bonds is 5. The van der Waals surface area contributed by atoms with Crippen LogP contribution in [-0.4, -0.2) is 26.0 Å². The second-order valence-electron chi connectivity index (χ2n) is 5.75. The van der Waals surface area contributed by atoms with Gasteiger partial charge in [-0.1, -0.05) is 26.0 Å². The van der Waals surface area contributed by atoms with E-state index in [1.54, 1.807) is 30.3 Å². The number of hydrogen-bond donors (Lipinski definition) is 2. The van der Waals surface area contributed by atoms with E-state index in [1.165, 1.54) is 14.2 Å². The highest BCUT2D eigenvalue weighted by Crippen LogP contribution is 2.28. The number of nitrogens with one attached hydrogen (secondary N) is 2. The maximum absolute atomic E-state index is 12.1. The quantitative estimate of drug-likeness (QED) is 0.817. The maximum Gasteiger partial charge on any atom is 0.314 e. The van der Waals surface area contributed by atoms with Crippen LogP contribution >= 0.6 is 0 Å². The molecule has 0 spiro atoms. The minimum Gasteiger partial charge on any atom is -0.497 e. The number of amides is 2. The average Bonchev–Trinajstić information content (AvgIpc) is 2.61. The lowest BCUT2D eigenvalue weighted by atomic mass is 10.0. The summed E-state index contributed by atoms with van der Waals surface area (Å²) in [5.74, 6) is -0.181. The average molecular weight is 342 g/mol. The summed E-state index contributed by atoms with van der Waals surface area (Å²) in [4.78, 5) is 24.2. The summed E-state index contributed by atoms with van der Waals surface area (Å²) in [6.45, 7) is 4.17. The van der Waals surface area contributed by atoms with E-state index in [0.717, 1.165) is 5.56 Å². The van der Waals surface area contributed by atoms with Crippen LogP contribution in [0, 0.1) is 0 Å². The number of methoxy groups -OCH3 is 2. The Kier molecular flexibility index (Phi) is 6.00. The zero-order chi connectivity index (χ0) is 18.4. The molecule has 0 aliphatic rings. The number of carbonyl (C=O) groups excluding carboxylic acids is 2. The number of carbonyl (C=O) groups is 2. The molecule has 0 bridgehead atoms. The molecular formula is C19H22N2O4. The molecule has 25 heavy (non-hydrogen) atoms. The Morgan fingerprint density at radius 3 is 2.08 bits per heavy atom. The van der Waals surface area contributed by atoms with Crippen molar-refractivity contribution in [3.8, 4) is 11.5 Å². The molecule has 0 heterocycles. The molecule has 0 unspecified atom stereocenters. The molecule has 132 valence electrons. The SMILES string of the molecule is COc1ccc(OC)c(NC(=O)C(=O)Nc2ccc(C(C)C)cc2)c1. The maximum atomic E-state index is 12.1. The fraction of sp³-hybridized carbons (Fsp3) is 0.263. The Hall–Kier alpha value is -3.02. The Morgan fingerprint density at radius 2 is 1.52 bits per heavy atom. The number of anilines is 2. The van der Waals surface area contributed by atoms with E-state index in [1.807, 2.05) is 12.1 Å². The molecule has 2 amide bonds. The third-order valence-corrected chi connectivity index (χ3v) is 3.70. The zero-order valence-corrected chi connectivity index (χ0v) is 14.8. The summed E-state index contributed by atoms with van der Waals surface area (Å²) in [6.07, 6.45) is 0. The van der Waals surface area contributed by atoms with E-state index < -0.39 is 11.8 Å². The summed E-state index contributed by atoms with van der Waals surface area (Å²) in [6, 6.07) is 12.3. The predicted molar refractivity (Wildman–Crippen MR) is 97.3 cm³/mol. The van der Waals surface area contributed by atoms with Crippen molar-refractivity contribution in [3.63, 3.8) is 0 Å². The van der Waals surface area contributed by atoms with Gasteiger partial charge in [0.2, 0.25) is 0 Å². The lowest BCUT2D eigenvalue weighted by Crippen LogP contribution is -2.29. The van der Waals surface area contributed by atoms with Crippen LogP contribution in [0.15, 0.2) is 42.5 Å². The Morgan fingerprint density at radius 1 is 0.880 bits per heavy atom. The molecule has 2 N–H and O–H groups in total. The molecule has 2 aromatic carbocycles. The fourth-order valence-electron chi connectivity index (χ4n) is 2.23. The standard InChI is InChI=1S/C19H22N2O4/c1-12(2)13-5-7-14(8-6-13)20-18(22)19(23)21-16-11-15(24-3)9-10-17(16)25-4/h5-12H,1-4H3,(H,20,22)(H,21,23). The fourth-order valence-corrected chi connectivity index (χ4v) is 2.23. The molecule has 0 radical (unpaired) electrons. The Balaban J connectivity index is 2.06. The van der Waals surface area contributed by atoms with Crippen LogP contribution in [0.2, 0.25) is 0 Å². The molecular weight excluding hydrogens is 320 g/mol. The Labute approximate surface area is 147 Å². The molecule has 6 heteroatoms. The first-order valence-electron chi connectivity index (χ1n) is 7.89. The van der Waals surface area contributed by atoms with E-state index in [0.29, 0.717) is 28.8 Å². The van der Waals surface area contributed by atoms with Gasteiger partial charge in [-0.15, -0.1) is 0 Å². The van der Waals surface area contributed by atoms with E-state index >= 15 is 0 Å². The first kappa shape index (κ1) is 18.3. The lowest BCUT2D eigenvalue weighted by Gasteiger charge is -2.12. The minimum atomic E-state index is -0.792. The second-order valence-corrected chi connectivity index (χ2v) is 5.75. The molecule has 6 nitrogen and oxygen atoms in total. The lowest BCUT2D eigenvalue weighted by molar-refractivity contribution is -0.133. The van der Waals surface area contributed by atoms with Gasteiger partial charge in [0.25, 0.3) is 0 Å². The second kappa shape index (κ2) is 8.19. The summed E-state index contributed by atoms with van der Waals surface area (Å²) in [7, 11) is 2.99. The van der Waals surface area contributed by atoms with Gasteiger partial charge in [0.05, 0.1) is 19.9 Å². The minimum absolute atomic E-state index is 0.358. The third kappa shape index (κ3) is 4.73. The van der Waals surface area contributed by atoms with Crippen molar-refractivity contribution in [2.75, 3.05) is 24.9 Å². The smallest absolute Gasteiger partial charge is 0.314 e. The summed E-state index contributed by atoms with van der Waals surface area (Å²) in [5.41, 5.74) is 2.07. The normalized spacial score (nSPS) is 10.3. The van der Waals surface area contributed by atoms with Crippen LogP contribution in [-0.2, 0) is 9.59 Å². The van der Waals surface area contributed by atoms with Crippen molar-refractivity contribution in [2.24, 2.45) is 0 Å². The van der Waals surface area contributed by atoms with E-state index in [-0.39, 0.29) is 0 Å². The molecule has 2 rings (SSSR count). The van der Waals surface area contributed by atoms with Crippen LogP contribution in [0.25, 0.3) is 0 Å². The molecule has 0 atom stereocenters. The summed E-state index contributed by atoms with van der Waals surface area (Å²) >= 11 is 0. The molecule has 0 aliphatic carbocycles. The van der Waals surface area contributed by atoms with Gasteiger partial charge in [-0.3, -0.25) is 9.59 Å². The zero-order valence-electron chi connectivity index (χ0n) is 14.8. The molecule has 0 aromatic heterocycles. The molecule has 2 aromatic rings. The van der Waals surface area contributed by atoms with Crippen molar-refractivity contribution >= 4 is 23.2 Å². The van der Waals surface area contributed by atoms with Gasteiger partial charge in [0.1, 0.15) is 11.5 Å². The van der Waals surface area contributed by atoms with Crippen molar-refractivity contribution in [3.05, 3.63) is 48.0 Å². The Bertz CT molecular complexity index is 755. The number of hydrogen-bond acceptors (Lipinski definition) is 4. The number of benzene rings is 2. The van der Waals surface area contributed by atoms with E-state index in [4.69, 9.17) is 9.47 Å². The highest BCUT2D eigenvalue weighted by molar-refractivity contribution is 6.43. The monoisotopic (exact) mass is 342 g/mol. The summed E-state index contributed by atoms with van der Waals surface area (Å²) < 4.78 is 10.3. The molecule has 0 saturated carbocycles. The largest absolute Gasteiger partial charge is 0.497 e. The third-order valence-electron chi connectivity index (χ3n) is 3.70. The van der Waals surface area contributed by atoms with Gasteiger partial charge in [-0.05, 0) is 35.7 Å². The van der Waals surface area contributed by atoms with Crippen molar-refractivity contribution in [1.29, 1.82) is 0 Å². The molecule has 0 aliphatic heterocycles. The van der Waals surface area contributed by atoms with Gasteiger partial charge >= 0.3 is 11.8 Å². The van der Waals surface area contributed by atoms with Crippen molar-refractivity contribution < 1.29 is 19.1 Å². The first-order chi connectivity index (χ1) is 11.9.